The topological polar surface area (TPSA) is 93.1 Å². The van der Waals surface area contributed by atoms with Crippen LogP contribution >= 0.6 is 0 Å². The van der Waals surface area contributed by atoms with Gasteiger partial charge in [0.05, 0.1) is 17.8 Å². The average Bonchev–Trinajstić information content (AvgIpc) is 3.02. The third-order valence-electron chi connectivity index (χ3n) is 8.97. The van der Waals surface area contributed by atoms with Crippen LogP contribution in [-0.4, -0.2) is 46.6 Å². The fourth-order valence-electron chi connectivity index (χ4n) is 6.08. The van der Waals surface area contributed by atoms with Crippen molar-refractivity contribution in [3.05, 3.63) is 48.1 Å². The summed E-state index contributed by atoms with van der Waals surface area (Å²) in [7, 11) is 0. The van der Waals surface area contributed by atoms with E-state index in [1.54, 1.807) is 39.0 Å². The van der Waals surface area contributed by atoms with Crippen molar-refractivity contribution >= 4 is 11.9 Å². The highest BCUT2D eigenvalue weighted by molar-refractivity contribution is 5.69. The molecule has 0 spiro atoms. The largest absolute Gasteiger partial charge is 0.465 e. The van der Waals surface area contributed by atoms with Gasteiger partial charge in [-0.2, -0.15) is 0 Å². The number of carbonyl (C=O) groups is 2. The zero-order valence-electron chi connectivity index (χ0n) is 30.1. The van der Waals surface area contributed by atoms with E-state index in [-0.39, 0.29) is 37.0 Å². The molecule has 0 amide bonds. The summed E-state index contributed by atoms with van der Waals surface area (Å²) in [6, 6.07) is 0. The van der Waals surface area contributed by atoms with E-state index in [4.69, 9.17) is 9.47 Å². The Morgan fingerprint density at radius 2 is 1.50 bits per heavy atom. The number of hydrogen-bond donors (Lipinski definition) is 2. The summed E-state index contributed by atoms with van der Waals surface area (Å²) in [5, 5.41) is 21.1. The van der Waals surface area contributed by atoms with Gasteiger partial charge in [-0.25, -0.2) is 0 Å². The van der Waals surface area contributed by atoms with Crippen molar-refractivity contribution in [2.45, 2.75) is 168 Å². The Morgan fingerprint density at radius 3 is 2.02 bits per heavy atom. The molecular formula is C40H68O6. The minimum atomic E-state index is -1.00. The van der Waals surface area contributed by atoms with Crippen LogP contribution in [0.2, 0.25) is 0 Å². The van der Waals surface area contributed by atoms with E-state index in [1.807, 2.05) is 12.2 Å². The predicted molar refractivity (Wildman–Crippen MR) is 190 cm³/mol. The number of aliphatic hydroxyl groups is 2. The first-order valence-corrected chi connectivity index (χ1v) is 18.3. The van der Waals surface area contributed by atoms with Crippen LogP contribution < -0.4 is 0 Å². The molecular weight excluding hydrogens is 576 g/mol. The molecule has 0 aliphatic heterocycles. The molecule has 264 valence electrons. The van der Waals surface area contributed by atoms with Crippen LogP contribution in [0.4, 0.5) is 0 Å². The lowest BCUT2D eigenvalue weighted by Gasteiger charge is -2.31. The summed E-state index contributed by atoms with van der Waals surface area (Å²) in [5.41, 5.74) is -0.255. The molecule has 1 aliphatic rings. The molecule has 2 N–H and O–H groups in total. The normalized spacial score (nSPS) is 21.9. The van der Waals surface area contributed by atoms with Gasteiger partial charge in [-0.05, 0) is 57.9 Å². The molecule has 0 aromatic heterocycles. The lowest BCUT2D eigenvalue weighted by atomic mass is 9.77. The second-order valence-corrected chi connectivity index (χ2v) is 14.3. The van der Waals surface area contributed by atoms with E-state index < -0.39 is 11.2 Å². The Labute approximate surface area is 281 Å². The molecule has 3 atom stereocenters. The molecule has 1 rings (SSSR count). The van der Waals surface area contributed by atoms with E-state index in [9.17, 15) is 19.8 Å². The van der Waals surface area contributed by atoms with E-state index in [2.05, 4.69) is 13.5 Å². The SMILES string of the molecule is C=C1C/C=C\[C@@](C)(O)CC[C@H](/C(=C\C=C\C(C)(C)O)COC(=O)CCCCCCCCCCCCCCCCC)[C@H]1COC(C)=O. The van der Waals surface area contributed by atoms with Gasteiger partial charge < -0.3 is 19.7 Å². The van der Waals surface area contributed by atoms with Crippen LogP contribution in [0.1, 0.15) is 157 Å². The maximum atomic E-state index is 12.8. The maximum absolute atomic E-state index is 12.8. The van der Waals surface area contributed by atoms with Crippen LogP contribution in [0.25, 0.3) is 0 Å². The Hall–Kier alpha value is -2.18. The summed E-state index contributed by atoms with van der Waals surface area (Å²) in [4.78, 5) is 24.5. The number of unbranched alkanes of at least 4 members (excludes halogenated alkanes) is 14. The quantitative estimate of drug-likeness (QED) is 0.0498. The second kappa shape index (κ2) is 24.0. The Balaban J connectivity index is 2.63. The molecule has 0 aromatic carbocycles. The van der Waals surface area contributed by atoms with Crippen molar-refractivity contribution < 1.29 is 29.3 Å². The van der Waals surface area contributed by atoms with Crippen LogP contribution in [0.15, 0.2) is 48.1 Å². The van der Waals surface area contributed by atoms with Crippen LogP contribution in [0.5, 0.6) is 0 Å². The number of rotatable bonds is 23. The molecule has 1 aliphatic carbocycles. The van der Waals surface area contributed by atoms with Gasteiger partial charge in [0.1, 0.15) is 6.61 Å². The molecule has 6 heteroatoms. The molecule has 0 saturated carbocycles. The standard InChI is InChI=1S/C40H68O6/c1-7-8-9-10-11-12-13-14-15-16-17-18-19-20-21-26-38(42)46-31-35(25-23-28-39(4,5)43)36-27-30-40(6,44)29-22-24-33(2)37(36)32-45-34(3)41/h22-23,25,28-29,36-37,43-44H,2,7-21,24,26-27,30-32H2,1,3-6H3/b28-23+,29-22-,35-25-/t36-,37+,40-/m1/s1. The van der Waals surface area contributed by atoms with E-state index >= 15 is 0 Å². The number of hydrogen-bond acceptors (Lipinski definition) is 6. The molecule has 0 fully saturated rings. The van der Waals surface area contributed by atoms with Gasteiger partial charge in [0.15, 0.2) is 0 Å². The first-order chi connectivity index (χ1) is 21.8. The van der Waals surface area contributed by atoms with Crippen LogP contribution in [0.3, 0.4) is 0 Å². The Kier molecular flexibility index (Phi) is 21.9. The van der Waals surface area contributed by atoms with Crippen molar-refractivity contribution in [1.29, 1.82) is 0 Å². The number of esters is 2. The van der Waals surface area contributed by atoms with Gasteiger partial charge >= 0.3 is 11.9 Å². The third-order valence-corrected chi connectivity index (χ3v) is 8.97. The summed E-state index contributed by atoms with van der Waals surface area (Å²) in [6.45, 7) is 13.4. The Bertz CT molecular complexity index is 951. The van der Waals surface area contributed by atoms with Crippen LogP contribution in [-0.2, 0) is 19.1 Å². The number of allylic oxidation sites excluding steroid dienone is 3. The van der Waals surface area contributed by atoms with E-state index in [0.29, 0.717) is 25.7 Å². The smallest absolute Gasteiger partial charge is 0.306 e. The van der Waals surface area contributed by atoms with Gasteiger partial charge in [-0.15, -0.1) is 0 Å². The van der Waals surface area contributed by atoms with E-state index in [1.165, 1.54) is 84.0 Å². The van der Waals surface area contributed by atoms with Crippen molar-refractivity contribution in [2.75, 3.05) is 13.2 Å². The molecule has 0 saturated heterocycles. The first kappa shape index (κ1) is 41.8. The third kappa shape index (κ3) is 21.6. The molecule has 0 radical (unpaired) electrons. The summed E-state index contributed by atoms with van der Waals surface area (Å²) in [5.74, 6) is -0.975. The maximum Gasteiger partial charge on any atom is 0.306 e. The molecule has 0 heterocycles. The molecule has 6 nitrogen and oxygen atoms in total. The zero-order valence-corrected chi connectivity index (χ0v) is 30.1. The fraction of sp³-hybridized carbons (Fsp3) is 0.750. The summed E-state index contributed by atoms with van der Waals surface area (Å²) in [6.07, 6.45) is 30.2. The number of ether oxygens (including phenoxy) is 2. The minimum absolute atomic E-state index is 0.0951. The van der Waals surface area contributed by atoms with Crippen molar-refractivity contribution in [3.8, 4) is 0 Å². The first-order valence-electron chi connectivity index (χ1n) is 18.3. The molecule has 46 heavy (non-hydrogen) atoms. The molecule has 0 unspecified atom stereocenters. The average molecular weight is 645 g/mol. The van der Waals surface area contributed by atoms with E-state index in [0.717, 1.165) is 30.4 Å². The number of carbonyl (C=O) groups excluding carboxylic acids is 2. The molecule has 0 bridgehead atoms. The van der Waals surface area contributed by atoms with Gasteiger partial charge in [0.2, 0.25) is 0 Å². The summed E-state index contributed by atoms with van der Waals surface area (Å²) < 4.78 is 11.3. The van der Waals surface area contributed by atoms with Gasteiger partial charge in [0.25, 0.3) is 0 Å². The Morgan fingerprint density at radius 1 is 0.957 bits per heavy atom. The fourth-order valence-corrected chi connectivity index (χ4v) is 6.08. The monoisotopic (exact) mass is 645 g/mol. The second-order valence-electron chi connectivity index (χ2n) is 14.3. The zero-order chi connectivity index (χ0) is 34.3. The van der Waals surface area contributed by atoms with Crippen molar-refractivity contribution in [3.63, 3.8) is 0 Å². The van der Waals surface area contributed by atoms with Gasteiger partial charge in [0, 0.05) is 19.3 Å². The van der Waals surface area contributed by atoms with Gasteiger partial charge in [-0.1, -0.05) is 139 Å². The van der Waals surface area contributed by atoms with Gasteiger partial charge in [-0.3, -0.25) is 9.59 Å². The lowest BCUT2D eigenvalue weighted by Crippen LogP contribution is -2.29. The predicted octanol–water partition coefficient (Wildman–Crippen LogP) is 9.89. The van der Waals surface area contributed by atoms with Crippen molar-refractivity contribution in [1.82, 2.24) is 0 Å². The lowest BCUT2D eigenvalue weighted by molar-refractivity contribution is -0.143. The molecule has 0 aromatic rings. The highest BCUT2D eigenvalue weighted by Crippen LogP contribution is 2.36. The minimum Gasteiger partial charge on any atom is -0.465 e. The highest BCUT2D eigenvalue weighted by Gasteiger charge is 2.32. The highest BCUT2D eigenvalue weighted by atomic mass is 16.5. The summed E-state index contributed by atoms with van der Waals surface area (Å²) >= 11 is 0. The van der Waals surface area contributed by atoms with Crippen LogP contribution in [0, 0.1) is 11.8 Å². The van der Waals surface area contributed by atoms with Crippen molar-refractivity contribution in [2.24, 2.45) is 11.8 Å².